The second-order valence-electron chi connectivity index (χ2n) is 9.28. The van der Waals surface area contributed by atoms with Gasteiger partial charge in [0.05, 0.1) is 10.6 Å². The number of carbonyl (C=O) groups excluding carboxylic acids is 1. The van der Waals surface area contributed by atoms with E-state index in [2.05, 4.69) is 20.5 Å². The van der Waals surface area contributed by atoms with Gasteiger partial charge in [0.1, 0.15) is 29.0 Å². The number of hydrogen-bond donors (Lipinski definition) is 4. The van der Waals surface area contributed by atoms with Crippen LogP contribution in [0.3, 0.4) is 0 Å². The molecule has 9 nitrogen and oxygen atoms in total. The lowest BCUT2D eigenvalue weighted by Crippen LogP contribution is -2.37. The number of anilines is 3. The Labute approximate surface area is 247 Å². The molecule has 2 heterocycles. The van der Waals surface area contributed by atoms with E-state index in [0.717, 1.165) is 30.2 Å². The van der Waals surface area contributed by atoms with E-state index in [1.165, 1.54) is 17.8 Å². The zero-order valence-corrected chi connectivity index (χ0v) is 23.8. The third kappa shape index (κ3) is 7.56. The number of hydrogen-bond acceptors (Lipinski definition) is 9. The van der Waals surface area contributed by atoms with Crippen molar-refractivity contribution in [2.45, 2.75) is 23.4 Å². The zero-order chi connectivity index (χ0) is 28.8. The Bertz CT molecular complexity index is 1590. The van der Waals surface area contributed by atoms with E-state index in [1.807, 2.05) is 60.7 Å². The normalized spacial score (nSPS) is 12.8. The predicted octanol–water partition coefficient (Wildman–Crippen LogP) is 6.79. The molecule has 0 radical (unpaired) electrons. The number of rotatable bonds is 10. The van der Waals surface area contributed by atoms with Crippen LogP contribution in [0, 0.1) is 5.41 Å². The monoisotopic (exact) mass is 585 g/mol. The fraction of sp³-hybridized carbons (Fsp3) is 0.133. The van der Waals surface area contributed by atoms with Gasteiger partial charge in [-0.2, -0.15) is 0 Å². The first-order valence-electron chi connectivity index (χ1n) is 12.9. The molecule has 1 aliphatic heterocycles. The average Bonchev–Trinajstić information content (AvgIpc) is 2.89. The second-order valence-corrected chi connectivity index (χ2v) is 10.7. The molecule has 4 aromatic rings. The van der Waals surface area contributed by atoms with Gasteiger partial charge in [-0.15, -0.1) is 0 Å². The number of para-hydroxylation sites is 1. The highest BCUT2D eigenvalue weighted by Gasteiger charge is 2.19. The van der Waals surface area contributed by atoms with Gasteiger partial charge in [0.2, 0.25) is 0 Å². The van der Waals surface area contributed by atoms with Gasteiger partial charge < -0.3 is 31.4 Å². The summed E-state index contributed by atoms with van der Waals surface area (Å²) in [5.41, 5.74) is 7.31. The Morgan fingerprint density at radius 1 is 1.02 bits per heavy atom. The largest absolute Gasteiger partial charge is 0.457 e. The van der Waals surface area contributed by atoms with Crippen molar-refractivity contribution in [3.8, 4) is 11.5 Å². The summed E-state index contributed by atoms with van der Waals surface area (Å²) in [6, 6.07) is 23.6. The van der Waals surface area contributed by atoms with Crippen LogP contribution in [0.25, 0.3) is 0 Å². The van der Waals surface area contributed by atoms with Crippen LogP contribution in [0.2, 0.25) is 5.02 Å². The SMILES string of the molecule is CC(=N)/C=C(\N)Nc1cc(N2CCC2)nc(Sc2ccc(NC(=O)c3ccc(Oc4ccccc4)cc3Cl)cc2)n1. The number of carbonyl (C=O) groups is 1. The van der Waals surface area contributed by atoms with Crippen molar-refractivity contribution in [3.63, 3.8) is 0 Å². The average molecular weight is 586 g/mol. The molecular weight excluding hydrogens is 558 g/mol. The van der Waals surface area contributed by atoms with Gasteiger partial charge in [-0.25, -0.2) is 9.97 Å². The summed E-state index contributed by atoms with van der Waals surface area (Å²) >= 11 is 7.80. The Morgan fingerprint density at radius 3 is 2.44 bits per heavy atom. The summed E-state index contributed by atoms with van der Waals surface area (Å²) in [5.74, 6) is 2.61. The molecule has 1 fully saturated rings. The molecule has 0 unspecified atom stereocenters. The van der Waals surface area contributed by atoms with Gasteiger partial charge in [0, 0.05) is 41.5 Å². The van der Waals surface area contributed by atoms with Gasteiger partial charge >= 0.3 is 0 Å². The molecule has 1 amide bonds. The van der Waals surface area contributed by atoms with E-state index >= 15 is 0 Å². The van der Waals surface area contributed by atoms with Crippen LogP contribution in [-0.4, -0.2) is 34.7 Å². The van der Waals surface area contributed by atoms with Crippen molar-refractivity contribution < 1.29 is 9.53 Å². The Hall–Kier alpha value is -4.54. The molecule has 0 bridgehead atoms. The molecule has 5 rings (SSSR count). The molecule has 0 aliphatic carbocycles. The van der Waals surface area contributed by atoms with E-state index in [1.54, 1.807) is 25.1 Å². The van der Waals surface area contributed by atoms with E-state index in [4.69, 9.17) is 32.5 Å². The number of allylic oxidation sites excluding steroid dienone is 1. The van der Waals surface area contributed by atoms with Crippen LogP contribution in [0.1, 0.15) is 23.7 Å². The highest BCUT2D eigenvalue weighted by Crippen LogP contribution is 2.31. The molecule has 1 aliphatic rings. The molecule has 208 valence electrons. The summed E-state index contributed by atoms with van der Waals surface area (Å²) in [6.07, 6.45) is 2.65. The molecule has 1 aromatic heterocycles. The van der Waals surface area contributed by atoms with E-state index in [0.29, 0.717) is 45.3 Å². The van der Waals surface area contributed by atoms with Crippen molar-refractivity contribution in [1.82, 2.24) is 9.97 Å². The summed E-state index contributed by atoms with van der Waals surface area (Å²) in [4.78, 5) is 25.3. The summed E-state index contributed by atoms with van der Waals surface area (Å²) in [7, 11) is 0. The number of nitrogens with two attached hydrogens (primary N) is 1. The lowest BCUT2D eigenvalue weighted by Gasteiger charge is -2.32. The molecule has 11 heteroatoms. The molecule has 41 heavy (non-hydrogen) atoms. The minimum atomic E-state index is -0.325. The fourth-order valence-electron chi connectivity index (χ4n) is 3.93. The second kappa shape index (κ2) is 12.8. The number of halogens is 1. The van der Waals surface area contributed by atoms with E-state index < -0.39 is 0 Å². The number of ether oxygens (including phenoxy) is 1. The minimum absolute atomic E-state index is 0.290. The Morgan fingerprint density at radius 2 is 1.78 bits per heavy atom. The third-order valence-corrected chi connectivity index (χ3v) is 7.19. The smallest absolute Gasteiger partial charge is 0.257 e. The highest BCUT2D eigenvalue weighted by molar-refractivity contribution is 7.99. The molecule has 0 saturated carbocycles. The van der Waals surface area contributed by atoms with Gasteiger partial charge in [0.15, 0.2) is 5.16 Å². The van der Waals surface area contributed by atoms with Gasteiger partial charge in [0.25, 0.3) is 5.91 Å². The molecule has 0 spiro atoms. The first-order valence-corrected chi connectivity index (χ1v) is 14.1. The van der Waals surface area contributed by atoms with E-state index in [9.17, 15) is 4.79 Å². The van der Waals surface area contributed by atoms with Gasteiger partial charge in [-0.05, 0) is 79.7 Å². The van der Waals surface area contributed by atoms with Crippen molar-refractivity contribution >= 4 is 52.3 Å². The maximum Gasteiger partial charge on any atom is 0.257 e. The van der Waals surface area contributed by atoms with Crippen molar-refractivity contribution in [1.29, 1.82) is 5.41 Å². The molecular formula is C30H28ClN7O2S. The number of nitrogens with zero attached hydrogens (tertiary/aromatic N) is 3. The fourth-order valence-corrected chi connectivity index (χ4v) is 4.95. The summed E-state index contributed by atoms with van der Waals surface area (Å²) in [6.45, 7) is 3.53. The first-order chi connectivity index (χ1) is 19.8. The lowest BCUT2D eigenvalue weighted by molar-refractivity contribution is 0.102. The molecule has 1 saturated heterocycles. The summed E-state index contributed by atoms with van der Waals surface area (Å²) in [5, 5.41) is 14.4. The lowest BCUT2D eigenvalue weighted by atomic mass is 10.2. The van der Waals surface area contributed by atoms with E-state index in [-0.39, 0.29) is 10.9 Å². The minimum Gasteiger partial charge on any atom is -0.457 e. The third-order valence-electron chi connectivity index (χ3n) is 6.00. The van der Waals surface area contributed by atoms with Crippen LogP contribution in [-0.2, 0) is 0 Å². The van der Waals surface area contributed by atoms with Crippen molar-refractivity contribution in [3.05, 3.63) is 101 Å². The predicted molar refractivity (Wildman–Crippen MR) is 165 cm³/mol. The van der Waals surface area contributed by atoms with Crippen LogP contribution in [0.15, 0.2) is 101 Å². The van der Waals surface area contributed by atoms with Crippen molar-refractivity contribution in [2.24, 2.45) is 5.73 Å². The molecule has 0 atom stereocenters. The zero-order valence-electron chi connectivity index (χ0n) is 22.2. The Kier molecular flexibility index (Phi) is 8.71. The van der Waals surface area contributed by atoms with Gasteiger partial charge in [-0.1, -0.05) is 29.8 Å². The highest BCUT2D eigenvalue weighted by atomic mass is 35.5. The molecule has 5 N–H and O–H groups in total. The first kappa shape index (κ1) is 28.0. The number of aromatic nitrogens is 2. The number of benzene rings is 3. The van der Waals surface area contributed by atoms with Crippen LogP contribution >= 0.6 is 23.4 Å². The maximum absolute atomic E-state index is 12.9. The standard InChI is InChI=1S/C30H28ClN7O2S/c1-19(32)16-26(33)35-27-18-28(38-14-5-15-38)37-30(36-27)41-23-11-8-20(9-12-23)34-29(39)24-13-10-22(17-25(24)31)40-21-6-3-2-4-7-21/h2-4,6-13,16-18,32H,5,14-15,33H2,1H3,(H,34,39)(H,35,36,37)/b26-16+,32-19?. The topological polar surface area (TPSA) is 129 Å². The quantitative estimate of drug-likeness (QED) is 0.118. The summed E-state index contributed by atoms with van der Waals surface area (Å²) < 4.78 is 5.79. The number of amides is 1. The maximum atomic E-state index is 12.9. The Balaban J connectivity index is 1.25. The molecule has 3 aromatic carbocycles. The van der Waals surface area contributed by atoms with Gasteiger partial charge in [-0.3, -0.25) is 4.79 Å². The van der Waals surface area contributed by atoms with Crippen LogP contribution in [0.4, 0.5) is 17.3 Å². The van der Waals surface area contributed by atoms with Crippen molar-refractivity contribution in [2.75, 3.05) is 28.6 Å². The van der Waals surface area contributed by atoms with Crippen LogP contribution in [0.5, 0.6) is 11.5 Å². The van der Waals surface area contributed by atoms with Crippen LogP contribution < -0.4 is 26.0 Å². The number of nitrogens with one attached hydrogen (secondary N) is 3.